The van der Waals surface area contributed by atoms with E-state index in [-0.39, 0.29) is 0 Å². The average Bonchev–Trinajstić information content (AvgIpc) is 3.65. The zero-order valence-corrected chi connectivity index (χ0v) is 32.8. The summed E-state index contributed by atoms with van der Waals surface area (Å²) in [6.07, 6.45) is 0. The van der Waals surface area contributed by atoms with Crippen molar-refractivity contribution < 1.29 is 0 Å². The molecule has 60 heavy (non-hydrogen) atoms. The topological polar surface area (TPSA) is 8.17 Å². The van der Waals surface area contributed by atoms with Gasteiger partial charge in [0.25, 0.3) is 0 Å². The van der Waals surface area contributed by atoms with Crippen LogP contribution in [0.1, 0.15) is 0 Å². The van der Waals surface area contributed by atoms with Crippen LogP contribution in [-0.2, 0) is 0 Å². The molecule has 0 unspecified atom stereocenters. The Morgan fingerprint density at radius 2 is 0.833 bits per heavy atom. The van der Waals surface area contributed by atoms with Crippen molar-refractivity contribution in [3.63, 3.8) is 0 Å². The molecule has 11 aromatic carbocycles. The van der Waals surface area contributed by atoms with Gasteiger partial charge in [0.05, 0.1) is 11.0 Å². The molecule has 280 valence electrons. The van der Waals surface area contributed by atoms with Crippen molar-refractivity contribution >= 4 is 82.0 Å². The van der Waals surface area contributed by atoms with Crippen molar-refractivity contribution in [2.75, 3.05) is 4.90 Å². The van der Waals surface area contributed by atoms with Crippen LogP contribution in [-0.4, -0.2) is 4.57 Å². The molecule has 12 rings (SSSR count). The highest BCUT2D eigenvalue weighted by Gasteiger charge is 2.18. The molecule has 0 aliphatic carbocycles. The second-order valence-corrected chi connectivity index (χ2v) is 15.7. The Morgan fingerprint density at radius 3 is 1.67 bits per heavy atom. The van der Waals surface area contributed by atoms with Gasteiger partial charge in [-0.2, -0.15) is 0 Å². The predicted molar refractivity (Wildman–Crippen MR) is 256 cm³/mol. The molecule has 0 spiro atoms. The van der Waals surface area contributed by atoms with Crippen molar-refractivity contribution in [3.8, 4) is 27.9 Å². The number of benzene rings is 11. The number of rotatable bonds is 6. The Labute approximate surface area is 348 Å². The number of nitrogens with zero attached hydrogens (tertiary/aromatic N) is 2. The SMILES string of the molecule is c1ccc(-n2c3ccccc3c3cc(-c4cccc(N(c5ccc(-c6cccc7c6ccc6ccccc67)cc5)c5ccc6c(ccc7ccccc76)c5)c4)ccc32)cc1. The number of anilines is 3. The van der Waals surface area contributed by atoms with E-state index in [0.29, 0.717) is 0 Å². The van der Waals surface area contributed by atoms with Crippen LogP contribution in [0.3, 0.4) is 0 Å². The van der Waals surface area contributed by atoms with Crippen LogP contribution in [0.15, 0.2) is 231 Å². The molecule has 0 aliphatic rings. The average molecular weight is 763 g/mol. The van der Waals surface area contributed by atoms with E-state index < -0.39 is 0 Å². The second-order valence-electron chi connectivity index (χ2n) is 15.7. The Balaban J connectivity index is 0.998. The highest BCUT2D eigenvalue weighted by molar-refractivity contribution is 6.13. The molecule has 0 N–H and O–H groups in total. The van der Waals surface area contributed by atoms with Crippen molar-refractivity contribution in [2.24, 2.45) is 0 Å². The Morgan fingerprint density at radius 1 is 0.267 bits per heavy atom. The molecule has 0 aliphatic heterocycles. The molecule has 0 saturated heterocycles. The quantitative estimate of drug-likeness (QED) is 0.153. The number of fused-ring (bicyclic) bond motifs is 9. The van der Waals surface area contributed by atoms with Gasteiger partial charge in [-0.1, -0.05) is 164 Å². The zero-order valence-electron chi connectivity index (χ0n) is 32.8. The molecule has 1 heterocycles. The van der Waals surface area contributed by atoms with E-state index in [1.54, 1.807) is 0 Å². The lowest BCUT2D eigenvalue weighted by atomic mass is 9.94. The predicted octanol–water partition coefficient (Wildman–Crippen LogP) is 16.2. The van der Waals surface area contributed by atoms with Crippen LogP contribution in [0, 0.1) is 0 Å². The molecule has 0 radical (unpaired) electrons. The summed E-state index contributed by atoms with van der Waals surface area (Å²) in [7, 11) is 0. The van der Waals surface area contributed by atoms with Crippen molar-refractivity contribution in [1.29, 1.82) is 0 Å². The Hall–Kier alpha value is -7.94. The first-order valence-electron chi connectivity index (χ1n) is 20.7. The fraction of sp³-hybridized carbons (Fsp3) is 0. The molecule has 12 aromatic rings. The molecular formula is C58H38N2. The third kappa shape index (κ3) is 5.57. The van der Waals surface area contributed by atoms with Crippen molar-refractivity contribution in [3.05, 3.63) is 231 Å². The molecule has 0 saturated carbocycles. The summed E-state index contributed by atoms with van der Waals surface area (Å²) in [5.41, 5.74) is 11.7. The Bertz CT molecular complexity index is 3600. The molecule has 0 atom stereocenters. The monoisotopic (exact) mass is 762 g/mol. The number of hydrogen-bond acceptors (Lipinski definition) is 1. The third-order valence-electron chi connectivity index (χ3n) is 12.3. The summed E-state index contributed by atoms with van der Waals surface area (Å²) in [6, 6.07) is 84.3. The van der Waals surface area contributed by atoms with Gasteiger partial charge >= 0.3 is 0 Å². The molecule has 0 amide bonds. The van der Waals surface area contributed by atoms with Crippen LogP contribution < -0.4 is 4.90 Å². The third-order valence-corrected chi connectivity index (χ3v) is 12.3. The summed E-state index contributed by atoms with van der Waals surface area (Å²) < 4.78 is 2.37. The fourth-order valence-electron chi connectivity index (χ4n) is 9.50. The maximum atomic E-state index is 2.40. The van der Waals surface area contributed by atoms with Crippen LogP contribution in [0.4, 0.5) is 17.1 Å². The number of para-hydroxylation sites is 2. The highest BCUT2D eigenvalue weighted by Crippen LogP contribution is 2.42. The van der Waals surface area contributed by atoms with Crippen molar-refractivity contribution in [1.82, 2.24) is 4.57 Å². The highest BCUT2D eigenvalue weighted by atomic mass is 15.1. The summed E-state index contributed by atoms with van der Waals surface area (Å²) in [5, 5.41) is 12.6. The largest absolute Gasteiger partial charge is 0.310 e. The molecule has 1 aromatic heterocycles. The smallest absolute Gasteiger partial charge is 0.0541 e. The van der Waals surface area contributed by atoms with E-state index in [2.05, 4.69) is 240 Å². The van der Waals surface area contributed by atoms with Gasteiger partial charge < -0.3 is 9.47 Å². The van der Waals surface area contributed by atoms with Crippen LogP contribution in [0.2, 0.25) is 0 Å². The number of aromatic nitrogens is 1. The lowest BCUT2D eigenvalue weighted by Gasteiger charge is -2.27. The minimum absolute atomic E-state index is 1.10. The minimum atomic E-state index is 1.10. The normalized spacial score (nSPS) is 11.7. The van der Waals surface area contributed by atoms with Crippen LogP contribution >= 0.6 is 0 Å². The first-order valence-corrected chi connectivity index (χ1v) is 20.7. The molecule has 2 nitrogen and oxygen atoms in total. The first kappa shape index (κ1) is 34.1. The van der Waals surface area contributed by atoms with Crippen LogP contribution in [0.25, 0.3) is 92.8 Å². The van der Waals surface area contributed by atoms with Gasteiger partial charge in [0.15, 0.2) is 0 Å². The fourth-order valence-corrected chi connectivity index (χ4v) is 9.50. The van der Waals surface area contributed by atoms with E-state index in [4.69, 9.17) is 0 Å². The zero-order chi connectivity index (χ0) is 39.6. The second kappa shape index (κ2) is 13.9. The standard InChI is InChI=1S/C58H38N2/c1-2-15-45(16-3-1)60-57-23-9-8-20-55(57)56-38-43(29-35-58(56)60)42-14-10-17-47(36-42)59(48-32-34-52-44(37-48)25-24-39-12-4-6-18-49(39)52)46-30-26-41(27-31-46)51-21-11-22-53-50-19-7-5-13-40(50)28-33-54(51)53/h1-38H. The van der Waals surface area contributed by atoms with Crippen molar-refractivity contribution in [2.45, 2.75) is 0 Å². The maximum Gasteiger partial charge on any atom is 0.0541 e. The Kier molecular flexibility index (Phi) is 7.89. The van der Waals surface area contributed by atoms with E-state index in [9.17, 15) is 0 Å². The summed E-state index contributed by atoms with van der Waals surface area (Å²) in [6.45, 7) is 0. The first-order chi connectivity index (χ1) is 29.7. The lowest BCUT2D eigenvalue weighted by molar-refractivity contribution is 1.18. The molecule has 0 bridgehead atoms. The van der Waals surface area contributed by atoms with Gasteiger partial charge in [-0.3, -0.25) is 0 Å². The summed E-state index contributed by atoms with van der Waals surface area (Å²) in [5.74, 6) is 0. The molecule has 2 heteroatoms. The van der Waals surface area contributed by atoms with Gasteiger partial charge in [0.2, 0.25) is 0 Å². The van der Waals surface area contributed by atoms with E-state index in [0.717, 1.165) is 22.7 Å². The molecular weight excluding hydrogens is 725 g/mol. The lowest BCUT2D eigenvalue weighted by Crippen LogP contribution is -2.10. The summed E-state index contributed by atoms with van der Waals surface area (Å²) in [4.78, 5) is 2.40. The maximum absolute atomic E-state index is 2.40. The minimum Gasteiger partial charge on any atom is -0.310 e. The van der Waals surface area contributed by atoms with Crippen LogP contribution in [0.5, 0.6) is 0 Å². The van der Waals surface area contributed by atoms with Gasteiger partial charge in [-0.15, -0.1) is 0 Å². The summed E-state index contributed by atoms with van der Waals surface area (Å²) >= 11 is 0. The van der Waals surface area contributed by atoms with Gasteiger partial charge in [-0.05, 0) is 132 Å². The van der Waals surface area contributed by atoms with E-state index >= 15 is 0 Å². The molecule has 0 fully saturated rings. The van der Waals surface area contributed by atoms with Gasteiger partial charge in [0.1, 0.15) is 0 Å². The van der Waals surface area contributed by atoms with Gasteiger partial charge in [-0.25, -0.2) is 0 Å². The van der Waals surface area contributed by atoms with E-state index in [1.165, 1.54) is 87.1 Å². The number of hydrogen-bond donors (Lipinski definition) is 0. The van der Waals surface area contributed by atoms with Gasteiger partial charge in [0, 0.05) is 33.5 Å². The van der Waals surface area contributed by atoms with E-state index in [1.807, 2.05) is 0 Å².